The Morgan fingerprint density at radius 1 is 1.47 bits per heavy atom. The molecule has 1 aliphatic heterocycles. The number of rotatable bonds is 6. The molecule has 1 fully saturated rings. The first-order valence-electron chi connectivity index (χ1n) is 10.0. The average Bonchev–Trinajstić information content (AvgIpc) is 3.36. The van der Waals surface area contributed by atoms with Gasteiger partial charge in [0.2, 0.25) is 11.8 Å². The second-order valence-electron chi connectivity index (χ2n) is 7.77. The number of hydrogen-bond acceptors (Lipinski definition) is 5. The van der Waals surface area contributed by atoms with Crippen LogP contribution in [0, 0.1) is 22.6 Å². The zero-order chi connectivity index (χ0) is 22.8. The Hall–Kier alpha value is -4.00. The molecule has 3 aromatic rings. The molecule has 0 spiro atoms. The van der Waals surface area contributed by atoms with Crippen molar-refractivity contribution >= 4 is 22.5 Å². The Morgan fingerprint density at radius 3 is 2.97 bits per heavy atom. The van der Waals surface area contributed by atoms with Crippen LogP contribution in [0.4, 0.5) is 10.1 Å². The van der Waals surface area contributed by atoms with Crippen molar-refractivity contribution in [2.75, 3.05) is 6.54 Å². The molecule has 0 radical (unpaired) electrons. The van der Waals surface area contributed by atoms with Gasteiger partial charge in [0.1, 0.15) is 18.1 Å². The Balaban J connectivity index is 1.50. The molecular formula is C22H20FN5O4. The number of carbonyl (C=O) groups is 1. The van der Waals surface area contributed by atoms with Crippen LogP contribution in [-0.4, -0.2) is 44.6 Å². The van der Waals surface area contributed by atoms with Crippen LogP contribution in [0.15, 0.2) is 42.7 Å². The average molecular weight is 437 g/mol. The molecule has 1 saturated heterocycles. The third-order valence-corrected chi connectivity index (χ3v) is 5.49. The summed E-state index contributed by atoms with van der Waals surface area (Å²) in [7, 11) is 0. The number of pyridine rings is 1. The maximum Gasteiger partial charge on any atom is 0.303 e. The molecule has 9 nitrogen and oxygen atoms in total. The number of ether oxygens (including phenoxy) is 1. The number of fused-ring (bicyclic) bond motifs is 1. The van der Waals surface area contributed by atoms with Crippen LogP contribution < -0.4 is 4.74 Å². The lowest BCUT2D eigenvalue weighted by atomic mass is 9.99. The molecule has 2 aromatic heterocycles. The third kappa shape index (κ3) is 4.23. The number of halogens is 1. The summed E-state index contributed by atoms with van der Waals surface area (Å²) in [6.07, 6.45) is 1.52. The van der Waals surface area contributed by atoms with E-state index in [0.29, 0.717) is 12.2 Å². The van der Waals surface area contributed by atoms with Gasteiger partial charge < -0.3 is 9.72 Å². The first-order chi connectivity index (χ1) is 15.4. The Kier molecular flexibility index (Phi) is 5.73. The summed E-state index contributed by atoms with van der Waals surface area (Å²) in [5.74, 6) is 0.0505. The molecule has 0 bridgehead atoms. The molecule has 164 valence electrons. The molecule has 1 aliphatic rings. The predicted molar refractivity (Wildman–Crippen MR) is 114 cm³/mol. The lowest BCUT2D eigenvalue weighted by molar-refractivity contribution is -0.385. The molecule has 0 unspecified atom stereocenters. The van der Waals surface area contributed by atoms with Gasteiger partial charge in [-0.2, -0.15) is 0 Å². The van der Waals surface area contributed by atoms with Gasteiger partial charge >= 0.3 is 6.17 Å². The maximum absolute atomic E-state index is 13.7. The molecule has 1 aromatic carbocycles. The van der Waals surface area contributed by atoms with Gasteiger partial charge in [0.05, 0.1) is 17.9 Å². The highest BCUT2D eigenvalue weighted by Gasteiger charge is 2.41. The number of hydrogen-bond donors (Lipinski definition) is 1. The molecule has 10 heteroatoms. The number of H-pyrrole nitrogens is 1. The van der Waals surface area contributed by atoms with Crippen LogP contribution in [0.2, 0.25) is 0 Å². The monoisotopic (exact) mass is 437 g/mol. The van der Waals surface area contributed by atoms with Crippen molar-refractivity contribution in [3.05, 3.63) is 69.8 Å². The zero-order valence-corrected chi connectivity index (χ0v) is 17.2. The van der Waals surface area contributed by atoms with Gasteiger partial charge in [0.15, 0.2) is 0 Å². The van der Waals surface area contributed by atoms with Crippen LogP contribution in [-0.2, 0) is 11.2 Å². The Morgan fingerprint density at radius 2 is 2.28 bits per heavy atom. The highest BCUT2D eigenvalue weighted by Crippen LogP contribution is 2.30. The maximum atomic E-state index is 13.7. The molecule has 1 N–H and O–H groups in total. The van der Waals surface area contributed by atoms with Gasteiger partial charge in [-0.25, -0.2) is 15.9 Å². The highest BCUT2D eigenvalue weighted by molar-refractivity contribution is 5.86. The van der Waals surface area contributed by atoms with Gasteiger partial charge in [0, 0.05) is 35.2 Å². The summed E-state index contributed by atoms with van der Waals surface area (Å²) in [6, 6.07) is 8.11. The van der Waals surface area contributed by atoms with Crippen LogP contribution >= 0.6 is 0 Å². The second-order valence-corrected chi connectivity index (χ2v) is 7.77. The zero-order valence-electron chi connectivity index (χ0n) is 17.2. The quantitative estimate of drug-likeness (QED) is 0.352. The van der Waals surface area contributed by atoms with E-state index in [9.17, 15) is 19.3 Å². The van der Waals surface area contributed by atoms with Gasteiger partial charge in [-0.3, -0.25) is 24.7 Å². The molecular weight excluding hydrogens is 417 g/mol. The van der Waals surface area contributed by atoms with E-state index in [1.54, 1.807) is 19.1 Å². The third-order valence-electron chi connectivity index (χ3n) is 5.49. The van der Waals surface area contributed by atoms with Crippen LogP contribution in [0.1, 0.15) is 18.9 Å². The lowest BCUT2D eigenvalue weighted by Gasteiger charge is -2.20. The van der Waals surface area contributed by atoms with Crippen molar-refractivity contribution in [2.24, 2.45) is 5.92 Å². The van der Waals surface area contributed by atoms with E-state index >= 15 is 0 Å². The van der Waals surface area contributed by atoms with Crippen LogP contribution in [0.5, 0.6) is 11.6 Å². The summed E-state index contributed by atoms with van der Waals surface area (Å²) < 4.78 is 19.4. The van der Waals surface area contributed by atoms with Crippen LogP contribution in [0.3, 0.4) is 0 Å². The fourth-order valence-electron chi connectivity index (χ4n) is 3.88. The largest absolute Gasteiger partial charge is 0.439 e. The summed E-state index contributed by atoms with van der Waals surface area (Å²) in [5.41, 5.74) is 1.61. The summed E-state index contributed by atoms with van der Waals surface area (Å²) >= 11 is 0. The minimum atomic E-state index is -1.16. The molecule has 32 heavy (non-hydrogen) atoms. The van der Waals surface area contributed by atoms with E-state index in [-0.39, 0.29) is 30.4 Å². The first kappa shape index (κ1) is 21.2. The van der Waals surface area contributed by atoms with Crippen molar-refractivity contribution in [2.45, 2.75) is 32.1 Å². The molecule has 3 atom stereocenters. The topological polar surface area (TPSA) is 106 Å². The van der Waals surface area contributed by atoms with Crippen molar-refractivity contribution < 1.29 is 18.8 Å². The van der Waals surface area contributed by atoms with E-state index < -0.39 is 23.2 Å². The van der Waals surface area contributed by atoms with E-state index in [1.165, 1.54) is 17.0 Å². The second kappa shape index (κ2) is 8.63. The normalized spacial score (nSPS) is 19.0. The number of nitro groups is 1. The lowest BCUT2D eigenvalue weighted by Crippen LogP contribution is -2.38. The Bertz CT molecular complexity index is 1200. The standard InChI is InChI=1S/C22H20FN5O4/c1-13(22(29)27-12-15(23)8-20(27)24-2)7-14-10-25-19-5-4-17(9-18(14)19)32-21-6-3-16(11-26-21)28(30)31/h3-6,9-11,13,15,20,25H,7-8,12H2,1H3/t13-,15-,20-/m0/s1. The fraction of sp³-hybridized carbons (Fsp3) is 0.318. The molecule has 1 amide bonds. The number of nitrogens with zero attached hydrogens (tertiary/aromatic N) is 4. The summed E-state index contributed by atoms with van der Waals surface area (Å²) in [6.45, 7) is 8.95. The predicted octanol–water partition coefficient (Wildman–Crippen LogP) is 4.26. The highest BCUT2D eigenvalue weighted by atomic mass is 19.1. The van der Waals surface area contributed by atoms with Gasteiger partial charge in [-0.15, -0.1) is 0 Å². The molecule has 4 rings (SSSR count). The van der Waals surface area contributed by atoms with Crippen molar-refractivity contribution in [1.82, 2.24) is 14.9 Å². The SMILES string of the molecule is [C-]#[N+][C@@H]1C[C@H](F)CN1C(=O)[C@@H](C)Cc1c[nH]c2ccc(Oc3ccc([N+](=O)[O-])cn3)cc12. The number of carbonyl (C=O) groups excluding carboxylic acids is 1. The van der Waals surface area contributed by atoms with Crippen LogP contribution in [0.25, 0.3) is 15.7 Å². The van der Waals surface area contributed by atoms with Crippen molar-refractivity contribution in [3.8, 4) is 11.6 Å². The minimum absolute atomic E-state index is 0.0374. The van der Waals surface area contributed by atoms with Gasteiger partial charge in [-0.1, -0.05) is 6.92 Å². The number of amides is 1. The number of aromatic amines is 1. The van der Waals surface area contributed by atoms with E-state index in [2.05, 4.69) is 14.8 Å². The first-order valence-corrected chi connectivity index (χ1v) is 10.0. The Labute approximate surface area is 182 Å². The minimum Gasteiger partial charge on any atom is -0.439 e. The molecule has 0 saturated carbocycles. The van der Waals surface area contributed by atoms with Crippen molar-refractivity contribution in [1.29, 1.82) is 0 Å². The fourth-order valence-corrected chi connectivity index (χ4v) is 3.88. The summed E-state index contributed by atoms with van der Waals surface area (Å²) in [5, 5.41) is 11.6. The molecule has 0 aliphatic carbocycles. The van der Waals surface area contributed by atoms with E-state index in [4.69, 9.17) is 11.3 Å². The van der Waals surface area contributed by atoms with Gasteiger partial charge in [-0.05, 0) is 30.2 Å². The van der Waals surface area contributed by atoms with E-state index in [0.717, 1.165) is 22.7 Å². The van der Waals surface area contributed by atoms with Gasteiger partial charge in [0.25, 0.3) is 5.69 Å². The number of alkyl halides is 1. The molecule has 3 heterocycles. The smallest absolute Gasteiger partial charge is 0.303 e. The summed E-state index contributed by atoms with van der Waals surface area (Å²) in [4.78, 5) is 34.9. The number of likely N-dealkylation sites (tertiary alicyclic amines) is 1. The van der Waals surface area contributed by atoms with Crippen molar-refractivity contribution in [3.63, 3.8) is 0 Å². The van der Waals surface area contributed by atoms with E-state index in [1.807, 2.05) is 12.3 Å². The number of benzene rings is 1. The number of nitrogens with one attached hydrogen (secondary N) is 1. The number of aromatic nitrogens is 2.